The molecule has 0 spiro atoms. The first-order chi connectivity index (χ1) is 24.5. The van der Waals surface area contributed by atoms with E-state index in [0.29, 0.717) is 19.3 Å². The summed E-state index contributed by atoms with van der Waals surface area (Å²) < 4.78 is 5.27. The number of hydrogen-bond donors (Lipinski definition) is 5. The standard InChI is InChI=1S/C40H54N2O10/c1-23(2)36(37(50)41-21-25(18-33(47)48)24-8-6-5-7-9-24)42-32(46)12-13-34(49)52-22-31(45)40(51)17-15-29-28-11-10-26-19-27(43)14-16-38(26,3)35(28)30(44)20-39(29,40)4/h5-9,19,23,25,28-30,35-36,44,51H,10-18,20-22H2,1-4H3,(H,41,50)(H,42,46)(H,47,48)/t25-,28+,29+,30-,35-,36-,38-,39-,40+/m0/s1. The van der Waals surface area contributed by atoms with Crippen molar-refractivity contribution in [1.29, 1.82) is 0 Å². The van der Waals surface area contributed by atoms with Crippen LogP contribution < -0.4 is 10.6 Å². The number of aliphatic hydroxyl groups is 2. The van der Waals surface area contributed by atoms with E-state index < -0.39 is 65.2 Å². The number of carboxylic acids is 1. The molecule has 0 bridgehead atoms. The van der Waals surface area contributed by atoms with E-state index in [1.165, 1.54) is 0 Å². The third-order valence-electron chi connectivity index (χ3n) is 12.9. The molecule has 12 heteroatoms. The molecule has 0 radical (unpaired) electrons. The molecule has 12 nitrogen and oxygen atoms in total. The van der Waals surface area contributed by atoms with Crippen LogP contribution in [0.1, 0.15) is 103 Å². The molecule has 0 heterocycles. The lowest BCUT2D eigenvalue weighted by Crippen LogP contribution is -2.62. The number of carbonyl (C=O) groups is 6. The maximum atomic E-state index is 13.6. The van der Waals surface area contributed by atoms with E-state index >= 15 is 0 Å². The Labute approximate surface area is 305 Å². The Hall–Kier alpha value is -3.90. The van der Waals surface area contributed by atoms with Gasteiger partial charge in [0.25, 0.3) is 0 Å². The SMILES string of the molecule is CC(C)[C@H](NC(=O)CCC(=O)OCC(=O)[C@]1(O)CC[C@@H]2[C@H]3CCC4=CC(=O)CC[C@]4(C)[C@@H]3[C@@H](O)C[C@@]21C)C(=O)NC[C@H](CC(=O)O)c1ccccc1. The van der Waals surface area contributed by atoms with Crippen LogP contribution >= 0.6 is 0 Å². The van der Waals surface area contributed by atoms with Gasteiger partial charge in [0, 0.05) is 30.7 Å². The molecule has 0 unspecified atom stereocenters. The van der Waals surface area contributed by atoms with Crippen molar-refractivity contribution >= 4 is 35.3 Å². The van der Waals surface area contributed by atoms with Crippen molar-refractivity contribution in [2.45, 2.75) is 116 Å². The van der Waals surface area contributed by atoms with Gasteiger partial charge in [-0.2, -0.15) is 0 Å². The van der Waals surface area contributed by atoms with E-state index in [-0.39, 0.29) is 73.5 Å². The molecular weight excluding hydrogens is 668 g/mol. The number of ketones is 2. The zero-order chi connectivity index (χ0) is 38.0. The van der Waals surface area contributed by atoms with Crippen LogP contribution in [0.15, 0.2) is 42.0 Å². The molecule has 9 atom stereocenters. The van der Waals surface area contributed by atoms with Crippen molar-refractivity contribution in [2.75, 3.05) is 13.2 Å². The van der Waals surface area contributed by atoms with Crippen molar-refractivity contribution in [1.82, 2.24) is 10.6 Å². The molecule has 1 aromatic rings. The number of amides is 2. The quantitative estimate of drug-likeness (QED) is 0.177. The number of carbonyl (C=O) groups excluding carboxylic acids is 5. The molecule has 3 fully saturated rings. The smallest absolute Gasteiger partial charge is 0.306 e. The number of esters is 1. The number of rotatable bonds is 14. The Balaban J connectivity index is 1.12. The first kappa shape index (κ1) is 39.3. The number of nitrogens with one attached hydrogen (secondary N) is 2. The van der Waals surface area contributed by atoms with E-state index in [1.54, 1.807) is 44.2 Å². The highest BCUT2D eigenvalue weighted by molar-refractivity contribution is 5.93. The third kappa shape index (κ3) is 7.74. The minimum atomic E-state index is -1.79. The monoisotopic (exact) mass is 722 g/mol. The molecule has 0 saturated heterocycles. The van der Waals surface area contributed by atoms with Crippen molar-refractivity contribution in [3.63, 3.8) is 0 Å². The lowest BCUT2D eigenvalue weighted by atomic mass is 9.45. The zero-order valence-corrected chi connectivity index (χ0v) is 30.7. The molecule has 0 aliphatic heterocycles. The Morgan fingerprint density at radius 2 is 1.71 bits per heavy atom. The number of allylic oxidation sites excluding steroid dienone is 1. The summed E-state index contributed by atoms with van der Waals surface area (Å²) in [5, 5.41) is 38.3. The highest BCUT2D eigenvalue weighted by Gasteiger charge is 2.68. The van der Waals surface area contributed by atoms with Crippen LogP contribution in [0.25, 0.3) is 0 Å². The van der Waals surface area contributed by atoms with Crippen LogP contribution in [0.5, 0.6) is 0 Å². The molecule has 5 N–H and O–H groups in total. The van der Waals surface area contributed by atoms with Crippen LogP contribution in [0.2, 0.25) is 0 Å². The molecule has 4 aliphatic rings. The van der Waals surface area contributed by atoms with Gasteiger partial charge in [-0.15, -0.1) is 0 Å². The summed E-state index contributed by atoms with van der Waals surface area (Å²) in [4.78, 5) is 75.8. The molecular formula is C40H54N2O10. The first-order valence-corrected chi connectivity index (χ1v) is 18.7. The molecule has 1 aromatic carbocycles. The van der Waals surface area contributed by atoms with Gasteiger partial charge in [0.05, 0.1) is 18.9 Å². The van der Waals surface area contributed by atoms with E-state index in [2.05, 4.69) is 17.6 Å². The molecule has 52 heavy (non-hydrogen) atoms. The van der Waals surface area contributed by atoms with Crippen LogP contribution in [0, 0.1) is 34.5 Å². The van der Waals surface area contributed by atoms with Crippen molar-refractivity contribution in [3.05, 3.63) is 47.5 Å². The van der Waals surface area contributed by atoms with Crippen LogP contribution in [0.3, 0.4) is 0 Å². The number of aliphatic carboxylic acids is 1. The average molecular weight is 723 g/mol. The summed E-state index contributed by atoms with van der Waals surface area (Å²) >= 11 is 0. The molecule has 0 aromatic heterocycles. The molecule has 2 amide bonds. The first-order valence-electron chi connectivity index (χ1n) is 18.7. The van der Waals surface area contributed by atoms with E-state index in [0.717, 1.165) is 24.0 Å². The summed E-state index contributed by atoms with van der Waals surface area (Å²) in [6, 6.07) is 8.04. The summed E-state index contributed by atoms with van der Waals surface area (Å²) in [6.45, 7) is 6.90. The van der Waals surface area contributed by atoms with Gasteiger partial charge in [-0.1, -0.05) is 63.6 Å². The minimum absolute atomic E-state index is 0.0160. The lowest BCUT2D eigenvalue weighted by Gasteiger charge is -2.60. The van der Waals surface area contributed by atoms with Crippen molar-refractivity contribution < 1.29 is 48.8 Å². The number of carboxylic acid groups (broad SMARTS) is 1. The van der Waals surface area contributed by atoms with Gasteiger partial charge in [0.2, 0.25) is 17.6 Å². The summed E-state index contributed by atoms with van der Waals surface area (Å²) in [5.74, 6) is -4.12. The predicted molar refractivity (Wildman–Crippen MR) is 189 cm³/mol. The normalized spacial score (nSPS) is 32.0. The topological polar surface area (TPSA) is 196 Å². The summed E-state index contributed by atoms with van der Waals surface area (Å²) in [6.07, 6.45) is 3.86. The number of Topliss-reactive ketones (excluding diaryl/α,β-unsaturated/α-hetero) is 1. The third-order valence-corrected chi connectivity index (χ3v) is 12.9. The second-order valence-electron chi connectivity index (χ2n) is 16.3. The fraction of sp³-hybridized carbons (Fsp3) is 0.650. The second kappa shape index (κ2) is 15.6. The van der Waals surface area contributed by atoms with E-state index in [9.17, 15) is 44.1 Å². The molecule has 5 rings (SSSR count). The van der Waals surface area contributed by atoms with Crippen LogP contribution in [0.4, 0.5) is 0 Å². The number of aliphatic hydroxyl groups excluding tert-OH is 1. The number of fused-ring (bicyclic) bond motifs is 5. The average Bonchev–Trinajstić information content (AvgIpc) is 3.37. The van der Waals surface area contributed by atoms with Gasteiger partial charge in [0.15, 0.2) is 12.4 Å². The predicted octanol–water partition coefficient (Wildman–Crippen LogP) is 3.63. The highest BCUT2D eigenvalue weighted by atomic mass is 16.5. The summed E-state index contributed by atoms with van der Waals surface area (Å²) in [7, 11) is 0. The van der Waals surface area contributed by atoms with Gasteiger partial charge in [-0.25, -0.2) is 0 Å². The second-order valence-corrected chi connectivity index (χ2v) is 16.3. The molecule has 284 valence electrons. The van der Waals surface area contributed by atoms with E-state index in [4.69, 9.17) is 4.74 Å². The van der Waals surface area contributed by atoms with Crippen LogP contribution in [-0.4, -0.2) is 81.5 Å². The Morgan fingerprint density at radius 3 is 2.38 bits per heavy atom. The fourth-order valence-electron chi connectivity index (χ4n) is 10.1. The largest absolute Gasteiger partial charge is 0.481 e. The Bertz CT molecular complexity index is 1590. The maximum absolute atomic E-state index is 13.6. The zero-order valence-electron chi connectivity index (χ0n) is 30.7. The Kier molecular flexibility index (Phi) is 11.8. The van der Waals surface area contributed by atoms with Crippen LogP contribution in [-0.2, 0) is 33.5 Å². The van der Waals surface area contributed by atoms with Gasteiger partial charge in [-0.05, 0) is 79.3 Å². The minimum Gasteiger partial charge on any atom is -0.481 e. The lowest BCUT2D eigenvalue weighted by molar-refractivity contribution is -0.184. The van der Waals surface area contributed by atoms with Crippen molar-refractivity contribution in [3.8, 4) is 0 Å². The highest BCUT2D eigenvalue weighted by Crippen LogP contribution is 2.67. The fourth-order valence-corrected chi connectivity index (χ4v) is 10.1. The maximum Gasteiger partial charge on any atom is 0.306 e. The number of hydrogen-bond acceptors (Lipinski definition) is 9. The van der Waals surface area contributed by atoms with Gasteiger partial charge in [-0.3, -0.25) is 28.8 Å². The van der Waals surface area contributed by atoms with Gasteiger partial charge in [0.1, 0.15) is 11.6 Å². The van der Waals surface area contributed by atoms with E-state index in [1.807, 2.05) is 13.0 Å². The van der Waals surface area contributed by atoms with Gasteiger partial charge >= 0.3 is 11.9 Å². The Morgan fingerprint density at radius 1 is 1.00 bits per heavy atom. The summed E-state index contributed by atoms with van der Waals surface area (Å²) in [5.41, 5.74) is -1.13. The molecule has 3 saturated carbocycles. The van der Waals surface area contributed by atoms with Gasteiger partial charge < -0.3 is 30.7 Å². The molecule has 4 aliphatic carbocycles. The van der Waals surface area contributed by atoms with Crippen molar-refractivity contribution in [2.24, 2.45) is 34.5 Å². The number of benzene rings is 1. The number of ether oxygens (including phenoxy) is 1.